The van der Waals surface area contributed by atoms with E-state index < -0.39 is 0 Å². The lowest BCUT2D eigenvalue weighted by Crippen LogP contribution is -2.08. The van der Waals surface area contributed by atoms with Crippen molar-refractivity contribution in [3.8, 4) is 0 Å². The summed E-state index contributed by atoms with van der Waals surface area (Å²) in [5.74, 6) is 0.866. The Morgan fingerprint density at radius 1 is 1.33 bits per heavy atom. The average Bonchev–Trinajstić information content (AvgIpc) is 2.40. The zero-order chi connectivity index (χ0) is 12.8. The van der Waals surface area contributed by atoms with E-state index in [4.69, 9.17) is 0 Å². The summed E-state index contributed by atoms with van der Waals surface area (Å²) in [6.45, 7) is 4.24. The van der Waals surface area contributed by atoms with E-state index in [0.29, 0.717) is 0 Å². The summed E-state index contributed by atoms with van der Waals surface area (Å²) in [6.07, 6.45) is 7.34. The third kappa shape index (κ3) is 3.26. The van der Waals surface area contributed by atoms with Gasteiger partial charge in [-0.15, -0.1) is 0 Å². The number of aromatic nitrogens is 3. The van der Waals surface area contributed by atoms with E-state index >= 15 is 0 Å². The van der Waals surface area contributed by atoms with Crippen LogP contribution in [0.1, 0.15) is 37.6 Å². The van der Waals surface area contributed by atoms with Crippen molar-refractivity contribution in [1.29, 1.82) is 0 Å². The van der Waals surface area contributed by atoms with Gasteiger partial charge in [0.1, 0.15) is 12.1 Å². The van der Waals surface area contributed by atoms with E-state index in [1.54, 1.807) is 12.5 Å². The first-order valence-corrected chi connectivity index (χ1v) is 6.27. The maximum atomic E-state index is 4.25. The average molecular weight is 242 g/mol. The van der Waals surface area contributed by atoms with Gasteiger partial charge in [0.15, 0.2) is 0 Å². The van der Waals surface area contributed by atoms with Crippen molar-refractivity contribution in [3.63, 3.8) is 0 Å². The smallest absolute Gasteiger partial charge is 0.130 e. The molecule has 2 aromatic rings. The molecule has 18 heavy (non-hydrogen) atoms. The van der Waals surface area contributed by atoms with Crippen LogP contribution in [0.15, 0.2) is 36.9 Å². The van der Waals surface area contributed by atoms with Crippen LogP contribution >= 0.6 is 0 Å². The van der Waals surface area contributed by atoms with Crippen molar-refractivity contribution >= 4 is 5.82 Å². The van der Waals surface area contributed by atoms with Crippen molar-refractivity contribution in [1.82, 2.24) is 15.0 Å². The minimum Gasteiger partial charge on any atom is -0.363 e. The summed E-state index contributed by atoms with van der Waals surface area (Å²) in [7, 11) is 0. The number of hydrogen-bond acceptors (Lipinski definition) is 4. The first-order chi connectivity index (χ1) is 8.79. The summed E-state index contributed by atoms with van der Waals surface area (Å²) in [4.78, 5) is 12.6. The summed E-state index contributed by atoms with van der Waals surface area (Å²) in [5.41, 5.74) is 2.22. The Balaban J connectivity index is 2.07. The van der Waals surface area contributed by atoms with Crippen LogP contribution in [-0.2, 0) is 6.42 Å². The lowest BCUT2D eigenvalue weighted by atomic mass is 10.1. The molecule has 0 radical (unpaired) electrons. The molecule has 0 fully saturated rings. The Kier molecular flexibility index (Phi) is 4.23. The van der Waals surface area contributed by atoms with E-state index in [0.717, 1.165) is 29.9 Å². The van der Waals surface area contributed by atoms with Crippen LogP contribution in [0.3, 0.4) is 0 Å². The van der Waals surface area contributed by atoms with Crippen LogP contribution in [0.4, 0.5) is 5.82 Å². The van der Waals surface area contributed by atoms with Crippen molar-refractivity contribution in [3.05, 3.63) is 48.2 Å². The molecule has 0 spiro atoms. The van der Waals surface area contributed by atoms with E-state index in [2.05, 4.69) is 40.2 Å². The molecule has 1 N–H and O–H groups in total. The summed E-state index contributed by atoms with van der Waals surface area (Å²) in [6, 6.07) is 6.19. The predicted octanol–water partition coefficient (Wildman–Crippen LogP) is 3.00. The Bertz CT molecular complexity index is 484. The van der Waals surface area contributed by atoms with Gasteiger partial charge >= 0.3 is 0 Å². The number of pyridine rings is 1. The van der Waals surface area contributed by atoms with Gasteiger partial charge in [0.25, 0.3) is 0 Å². The van der Waals surface area contributed by atoms with Crippen LogP contribution in [0.5, 0.6) is 0 Å². The van der Waals surface area contributed by atoms with Crippen LogP contribution in [0.25, 0.3) is 0 Å². The van der Waals surface area contributed by atoms with Gasteiger partial charge in [0, 0.05) is 24.2 Å². The molecule has 0 aromatic carbocycles. The quantitative estimate of drug-likeness (QED) is 0.875. The Labute approximate surface area is 108 Å². The number of aryl methyl sites for hydroxylation is 1. The molecule has 0 amide bonds. The maximum Gasteiger partial charge on any atom is 0.130 e. The molecule has 0 saturated carbocycles. The highest BCUT2D eigenvalue weighted by Crippen LogP contribution is 2.16. The molecule has 2 aromatic heterocycles. The molecule has 4 nitrogen and oxygen atoms in total. The largest absolute Gasteiger partial charge is 0.363 e. The molecule has 4 heteroatoms. The molecule has 0 bridgehead atoms. The highest BCUT2D eigenvalue weighted by molar-refractivity contribution is 5.38. The van der Waals surface area contributed by atoms with Crippen LogP contribution in [-0.4, -0.2) is 15.0 Å². The van der Waals surface area contributed by atoms with Crippen molar-refractivity contribution < 1.29 is 0 Å². The third-order valence-corrected chi connectivity index (χ3v) is 2.78. The lowest BCUT2D eigenvalue weighted by molar-refractivity contribution is 0.845. The number of anilines is 1. The van der Waals surface area contributed by atoms with Gasteiger partial charge in [-0.25, -0.2) is 9.97 Å². The second-order valence-electron chi connectivity index (χ2n) is 4.30. The highest BCUT2D eigenvalue weighted by Gasteiger charge is 2.06. The molecule has 0 saturated heterocycles. The number of nitrogens with zero attached hydrogens (tertiary/aromatic N) is 3. The fraction of sp³-hybridized carbons (Fsp3) is 0.357. The number of hydrogen-bond donors (Lipinski definition) is 1. The molecule has 2 heterocycles. The molecule has 1 unspecified atom stereocenters. The summed E-state index contributed by atoms with van der Waals surface area (Å²) >= 11 is 0. The summed E-state index contributed by atoms with van der Waals surface area (Å²) in [5, 5.41) is 3.37. The molecular formula is C14H18N4. The molecule has 0 aliphatic heterocycles. The zero-order valence-corrected chi connectivity index (χ0v) is 10.8. The Hall–Kier alpha value is -1.97. The topological polar surface area (TPSA) is 50.7 Å². The van der Waals surface area contributed by atoms with Crippen molar-refractivity contribution in [2.24, 2.45) is 0 Å². The fourth-order valence-corrected chi connectivity index (χ4v) is 1.81. The second-order valence-corrected chi connectivity index (χ2v) is 4.30. The molecule has 0 aliphatic rings. The minimum atomic E-state index is 0.183. The first-order valence-electron chi connectivity index (χ1n) is 6.27. The monoisotopic (exact) mass is 242 g/mol. The molecular weight excluding hydrogens is 224 g/mol. The van der Waals surface area contributed by atoms with Crippen molar-refractivity contribution in [2.45, 2.75) is 32.7 Å². The normalized spacial score (nSPS) is 12.1. The molecule has 1 atom stereocenters. The van der Waals surface area contributed by atoms with Gasteiger partial charge in [0.05, 0.1) is 6.04 Å². The maximum absolute atomic E-state index is 4.25. The standard InChI is InChI=1S/C14H18N4/c1-3-5-13-8-14(17-10-16-13)18-11(2)12-6-4-7-15-9-12/h4,6-11H,3,5H2,1-2H3,(H,16,17,18). The van der Waals surface area contributed by atoms with E-state index in [-0.39, 0.29) is 6.04 Å². The SMILES string of the molecule is CCCc1cc(NC(C)c2cccnc2)ncn1. The minimum absolute atomic E-state index is 0.183. The molecule has 0 aliphatic carbocycles. The zero-order valence-electron chi connectivity index (χ0n) is 10.8. The Morgan fingerprint density at radius 2 is 2.22 bits per heavy atom. The van der Waals surface area contributed by atoms with Gasteiger partial charge in [-0.1, -0.05) is 19.4 Å². The number of nitrogens with one attached hydrogen (secondary N) is 1. The van der Waals surface area contributed by atoms with Gasteiger partial charge < -0.3 is 5.32 Å². The van der Waals surface area contributed by atoms with Crippen molar-refractivity contribution in [2.75, 3.05) is 5.32 Å². The van der Waals surface area contributed by atoms with Gasteiger partial charge in [0.2, 0.25) is 0 Å². The van der Waals surface area contributed by atoms with Crippen LogP contribution in [0, 0.1) is 0 Å². The highest BCUT2D eigenvalue weighted by atomic mass is 15.0. The van der Waals surface area contributed by atoms with Gasteiger partial charge in [-0.2, -0.15) is 0 Å². The lowest BCUT2D eigenvalue weighted by Gasteiger charge is -2.14. The van der Waals surface area contributed by atoms with Gasteiger partial charge in [-0.3, -0.25) is 4.98 Å². The fourth-order valence-electron chi connectivity index (χ4n) is 1.81. The second kappa shape index (κ2) is 6.10. The van der Waals surface area contributed by atoms with E-state index in [1.807, 2.05) is 18.3 Å². The Morgan fingerprint density at radius 3 is 2.94 bits per heavy atom. The van der Waals surface area contributed by atoms with Gasteiger partial charge in [-0.05, 0) is 25.0 Å². The van der Waals surface area contributed by atoms with Crippen LogP contribution < -0.4 is 5.32 Å². The van der Waals surface area contributed by atoms with E-state index in [9.17, 15) is 0 Å². The van der Waals surface area contributed by atoms with Crippen LogP contribution in [0.2, 0.25) is 0 Å². The van der Waals surface area contributed by atoms with E-state index in [1.165, 1.54) is 0 Å². The third-order valence-electron chi connectivity index (χ3n) is 2.78. The summed E-state index contributed by atoms with van der Waals surface area (Å²) < 4.78 is 0. The predicted molar refractivity (Wildman–Crippen MR) is 72.3 cm³/mol. The number of rotatable bonds is 5. The molecule has 2 rings (SSSR count). The first kappa shape index (κ1) is 12.5. The molecule has 94 valence electrons.